The molecule has 2 aromatic rings. The van der Waals surface area contributed by atoms with E-state index in [-0.39, 0.29) is 24.5 Å². The lowest BCUT2D eigenvalue weighted by atomic mass is 10.0. The molecule has 1 aliphatic rings. The maximum absolute atomic E-state index is 12.8. The number of rotatable bonds is 5. The van der Waals surface area contributed by atoms with Gasteiger partial charge in [0.2, 0.25) is 5.91 Å². The van der Waals surface area contributed by atoms with Gasteiger partial charge in [0.25, 0.3) is 5.91 Å². The fraction of sp³-hybridized carbons (Fsp3) is 0.421. The summed E-state index contributed by atoms with van der Waals surface area (Å²) >= 11 is 2.77. The predicted octanol–water partition coefficient (Wildman–Crippen LogP) is 3.99. The van der Waals surface area contributed by atoms with Crippen LogP contribution in [0.3, 0.4) is 0 Å². The van der Waals surface area contributed by atoms with Gasteiger partial charge >= 0.3 is 5.97 Å². The maximum Gasteiger partial charge on any atom is 0.342 e. The summed E-state index contributed by atoms with van der Waals surface area (Å²) in [4.78, 5) is 39.4. The molecule has 1 atom stereocenters. The van der Waals surface area contributed by atoms with Crippen LogP contribution in [0.4, 0.5) is 5.00 Å². The van der Waals surface area contributed by atoms with E-state index in [0.29, 0.717) is 22.7 Å². The molecule has 8 heteroatoms. The van der Waals surface area contributed by atoms with Crippen molar-refractivity contribution in [2.75, 3.05) is 18.5 Å². The molecule has 0 aliphatic carbocycles. The second-order valence-corrected chi connectivity index (χ2v) is 8.35. The number of carbonyl (C=O) groups is 3. The van der Waals surface area contributed by atoms with E-state index < -0.39 is 5.97 Å². The molecule has 0 spiro atoms. The van der Waals surface area contributed by atoms with E-state index in [1.165, 1.54) is 29.6 Å². The van der Waals surface area contributed by atoms with Gasteiger partial charge < -0.3 is 15.0 Å². The predicted molar refractivity (Wildman–Crippen MR) is 107 cm³/mol. The number of piperidine rings is 1. The van der Waals surface area contributed by atoms with Crippen molar-refractivity contribution in [3.63, 3.8) is 0 Å². The minimum Gasteiger partial charge on any atom is -0.452 e. The molecule has 0 radical (unpaired) electrons. The van der Waals surface area contributed by atoms with E-state index in [4.69, 9.17) is 4.74 Å². The largest absolute Gasteiger partial charge is 0.452 e. The molecule has 6 nitrogen and oxygen atoms in total. The first-order valence-corrected chi connectivity index (χ1v) is 10.6. The smallest absolute Gasteiger partial charge is 0.342 e. The van der Waals surface area contributed by atoms with E-state index in [1.807, 2.05) is 29.8 Å². The average molecular weight is 407 g/mol. The van der Waals surface area contributed by atoms with E-state index in [9.17, 15) is 14.4 Å². The minimum absolute atomic E-state index is 0.169. The third-order valence-corrected chi connectivity index (χ3v) is 6.32. The van der Waals surface area contributed by atoms with Crippen LogP contribution < -0.4 is 5.32 Å². The molecule has 1 fully saturated rings. The second kappa shape index (κ2) is 8.67. The summed E-state index contributed by atoms with van der Waals surface area (Å²) in [6, 6.07) is 3.97. The van der Waals surface area contributed by atoms with Crippen LogP contribution in [-0.2, 0) is 14.3 Å². The Hall–Kier alpha value is -2.19. The van der Waals surface area contributed by atoms with E-state index in [2.05, 4.69) is 5.32 Å². The first-order valence-electron chi connectivity index (χ1n) is 8.87. The van der Waals surface area contributed by atoms with Gasteiger partial charge in [0.05, 0.1) is 0 Å². The number of anilines is 1. The third-order valence-electron chi connectivity index (χ3n) is 4.52. The lowest BCUT2D eigenvalue weighted by Gasteiger charge is -2.33. The molecule has 2 aromatic heterocycles. The molecule has 0 aromatic carbocycles. The maximum atomic E-state index is 12.8. The normalized spacial score (nSPS) is 16.8. The summed E-state index contributed by atoms with van der Waals surface area (Å²) in [5.41, 5.74) is 1.01. The standard InChI is InChI=1S/C19H22N2O4S2/c1-12-6-3-4-8-21(12)16(23)10-25-19(24)17-14(15-7-5-9-26-15)11-27-18(17)20-13(2)22/h5,7,9,11-12H,3-4,6,8,10H2,1-2H3,(H,20,22)/t12-/m0/s1. The van der Waals surface area contributed by atoms with Crippen LogP contribution in [0.15, 0.2) is 22.9 Å². The number of thiophene rings is 2. The molecule has 0 saturated carbocycles. The molecular formula is C19H22N2O4S2. The number of hydrogen-bond acceptors (Lipinski definition) is 6. The molecule has 3 heterocycles. The number of likely N-dealkylation sites (tertiary alicyclic amines) is 1. The van der Waals surface area contributed by atoms with Crippen LogP contribution in [0.5, 0.6) is 0 Å². The number of nitrogens with zero attached hydrogens (tertiary/aromatic N) is 1. The molecule has 144 valence electrons. The SMILES string of the molecule is CC(=O)Nc1scc(-c2cccs2)c1C(=O)OCC(=O)N1CCCC[C@@H]1C. The van der Waals surface area contributed by atoms with Gasteiger partial charge in [0.15, 0.2) is 6.61 Å². The molecule has 1 aliphatic heterocycles. The molecule has 3 rings (SSSR count). The summed E-state index contributed by atoms with van der Waals surface area (Å²) < 4.78 is 5.34. The molecule has 1 saturated heterocycles. The zero-order chi connectivity index (χ0) is 19.4. The zero-order valence-corrected chi connectivity index (χ0v) is 17.0. The van der Waals surface area contributed by atoms with Gasteiger partial charge in [0.1, 0.15) is 10.6 Å². The Kier molecular flexibility index (Phi) is 6.28. The van der Waals surface area contributed by atoms with Crippen molar-refractivity contribution in [2.24, 2.45) is 0 Å². The van der Waals surface area contributed by atoms with Crippen LogP contribution >= 0.6 is 22.7 Å². The van der Waals surface area contributed by atoms with E-state index in [0.717, 1.165) is 24.1 Å². The number of hydrogen-bond donors (Lipinski definition) is 1. The fourth-order valence-electron chi connectivity index (χ4n) is 3.18. The number of carbonyl (C=O) groups excluding carboxylic acids is 3. The van der Waals surface area contributed by atoms with Gasteiger partial charge in [-0.3, -0.25) is 9.59 Å². The Morgan fingerprint density at radius 1 is 1.30 bits per heavy atom. The van der Waals surface area contributed by atoms with Gasteiger partial charge in [-0.1, -0.05) is 6.07 Å². The van der Waals surface area contributed by atoms with Crippen molar-refractivity contribution in [2.45, 2.75) is 39.2 Å². The summed E-state index contributed by atoms with van der Waals surface area (Å²) in [6.45, 7) is 3.82. The van der Waals surface area contributed by atoms with Gasteiger partial charge in [0, 0.05) is 35.3 Å². The van der Waals surface area contributed by atoms with Crippen molar-refractivity contribution in [3.8, 4) is 10.4 Å². The van der Waals surface area contributed by atoms with Gasteiger partial charge in [-0.05, 0) is 37.6 Å². The lowest BCUT2D eigenvalue weighted by molar-refractivity contribution is -0.137. The number of ether oxygens (including phenoxy) is 1. The topological polar surface area (TPSA) is 75.7 Å². The summed E-state index contributed by atoms with van der Waals surface area (Å²) in [5.74, 6) is -1.03. The van der Waals surface area contributed by atoms with Crippen molar-refractivity contribution < 1.29 is 19.1 Å². The lowest BCUT2D eigenvalue weighted by Crippen LogP contribution is -2.44. The summed E-state index contributed by atoms with van der Waals surface area (Å²) in [7, 11) is 0. The number of nitrogens with one attached hydrogen (secondary N) is 1. The highest BCUT2D eigenvalue weighted by Gasteiger charge is 2.27. The van der Waals surface area contributed by atoms with Crippen molar-refractivity contribution in [3.05, 3.63) is 28.5 Å². The van der Waals surface area contributed by atoms with E-state index in [1.54, 1.807) is 4.90 Å². The van der Waals surface area contributed by atoms with Crippen molar-refractivity contribution in [1.29, 1.82) is 0 Å². The Labute approximate surface area is 166 Å². The molecule has 27 heavy (non-hydrogen) atoms. The molecular weight excluding hydrogens is 384 g/mol. The second-order valence-electron chi connectivity index (χ2n) is 6.52. The first kappa shape index (κ1) is 19.6. The zero-order valence-electron chi connectivity index (χ0n) is 15.3. The Morgan fingerprint density at radius 2 is 2.11 bits per heavy atom. The van der Waals surface area contributed by atoms with Crippen molar-refractivity contribution in [1.82, 2.24) is 4.90 Å². The Balaban J connectivity index is 1.76. The number of amides is 2. The highest BCUT2D eigenvalue weighted by molar-refractivity contribution is 7.17. The van der Waals surface area contributed by atoms with E-state index >= 15 is 0 Å². The van der Waals surface area contributed by atoms with Gasteiger partial charge in [-0.15, -0.1) is 22.7 Å². The fourth-order valence-corrected chi connectivity index (χ4v) is 4.99. The summed E-state index contributed by atoms with van der Waals surface area (Å²) in [5, 5.41) is 6.86. The number of esters is 1. The van der Waals surface area contributed by atoms with Crippen LogP contribution in [0.25, 0.3) is 10.4 Å². The highest BCUT2D eigenvalue weighted by atomic mass is 32.1. The monoisotopic (exact) mass is 406 g/mol. The van der Waals surface area contributed by atoms with Crippen molar-refractivity contribution >= 4 is 45.5 Å². The molecule has 1 N–H and O–H groups in total. The highest BCUT2D eigenvalue weighted by Crippen LogP contribution is 2.38. The van der Waals surface area contributed by atoms with Crippen LogP contribution in [0.1, 0.15) is 43.5 Å². The van der Waals surface area contributed by atoms with Crippen LogP contribution in [-0.4, -0.2) is 41.9 Å². The molecule has 2 amide bonds. The quantitative estimate of drug-likeness (QED) is 0.762. The minimum atomic E-state index is -0.596. The summed E-state index contributed by atoms with van der Waals surface area (Å²) in [6.07, 6.45) is 3.06. The van der Waals surface area contributed by atoms with Gasteiger partial charge in [-0.2, -0.15) is 0 Å². The third kappa shape index (κ3) is 4.56. The molecule has 0 bridgehead atoms. The van der Waals surface area contributed by atoms with Crippen LogP contribution in [0, 0.1) is 0 Å². The molecule has 0 unspecified atom stereocenters. The van der Waals surface area contributed by atoms with Crippen LogP contribution in [0.2, 0.25) is 0 Å². The Morgan fingerprint density at radius 3 is 2.78 bits per heavy atom. The van der Waals surface area contributed by atoms with Gasteiger partial charge in [-0.25, -0.2) is 4.79 Å². The first-order chi connectivity index (χ1) is 13.0. The Bertz CT molecular complexity index is 829. The average Bonchev–Trinajstić information content (AvgIpc) is 3.29.